The molecule has 0 radical (unpaired) electrons. The summed E-state index contributed by atoms with van der Waals surface area (Å²) in [6.45, 7) is 2.81. The molecule has 0 bridgehead atoms. The molecule has 3 nitrogen and oxygen atoms in total. The molecule has 84 valence electrons. The number of halogens is 2. The van der Waals surface area contributed by atoms with Crippen molar-refractivity contribution in [2.75, 3.05) is 13.2 Å². The Morgan fingerprint density at radius 1 is 1.60 bits per heavy atom. The number of ether oxygens (including phenoxy) is 1. The number of rotatable bonds is 5. The lowest BCUT2D eigenvalue weighted by Gasteiger charge is -2.16. The lowest BCUT2D eigenvalue weighted by molar-refractivity contribution is 0.122. The van der Waals surface area contributed by atoms with Crippen LogP contribution in [-0.4, -0.2) is 13.2 Å². The van der Waals surface area contributed by atoms with Gasteiger partial charge in [0.15, 0.2) is 0 Å². The molecular weight excluding hydrogens is 263 g/mol. The van der Waals surface area contributed by atoms with E-state index in [0.717, 1.165) is 0 Å². The largest absolute Gasteiger partial charge is 0.380 e. The van der Waals surface area contributed by atoms with Crippen LogP contribution < -0.4 is 11.3 Å². The summed E-state index contributed by atoms with van der Waals surface area (Å²) >= 11 is 3.20. The molecular formula is C10H14BrFN2O. The molecule has 0 aliphatic rings. The third-order valence-corrected chi connectivity index (χ3v) is 2.52. The predicted molar refractivity (Wildman–Crippen MR) is 60.7 cm³/mol. The molecule has 0 fully saturated rings. The maximum atomic E-state index is 13.5. The summed E-state index contributed by atoms with van der Waals surface area (Å²) in [6, 6.07) is 4.54. The van der Waals surface area contributed by atoms with Gasteiger partial charge in [-0.25, -0.2) is 4.39 Å². The second kappa shape index (κ2) is 6.17. The van der Waals surface area contributed by atoms with Crippen LogP contribution in [0.1, 0.15) is 18.5 Å². The molecule has 1 rings (SSSR count). The predicted octanol–water partition coefficient (Wildman–Crippen LogP) is 2.13. The fourth-order valence-corrected chi connectivity index (χ4v) is 1.58. The first-order chi connectivity index (χ1) is 7.19. The van der Waals surface area contributed by atoms with Crippen LogP contribution in [0.5, 0.6) is 0 Å². The number of hydrazine groups is 1. The topological polar surface area (TPSA) is 47.3 Å². The highest BCUT2D eigenvalue weighted by molar-refractivity contribution is 9.10. The molecule has 0 saturated carbocycles. The van der Waals surface area contributed by atoms with Crippen LogP contribution in [0.4, 0.5) is 4.39 Å². The minimum atomic E-state index is -0.321. The van der Waals surface area contributed by atoms with Crippen LogP contribution >= 0.6 is 15.9 Å². The maximum absolute atomic E-state index is 13.5. The molecule has 0 aromatic heterocycles. The third kappa shape index (κ3) is 3.53. The van der Waals surface area contributed by atoms with Gasteiger partial charge in [0.1, 0.15) is 5.82 Å². The molecule has 0 spiro atoms. The molecule has 1 unspecified atom stereocenters. The van der Waals surface area contributed by atoms with Crippen LogP contribution in [-0.2, 0) is 4.74 Å². The summed E-state index contributed by atoms with van der Waals surface area (Å²) in [5, 5.41) is 0. The van der Waals surface area contributed by atoms with E-state index in [4.69, 9.17) is 10.6 Å². The first kappa shape index (κ1) is 12.6. The first-order valence-electron chi connectivity index (χ1n) is 4.67. The third-order valence-electron chi connectivity index (χ3n) is 2.03. The van der Waals surface area contributed by atoms with Crippen molar-refractivity contribution in [3.8, 4) is 0 Å². The molecule has 5 heteroatoms. The molecule has 1 aromatic rings. The summed E-state index contributed by atoms with van der Waals surface area (Å²) in [5.41, 5.74) is 3.04. The van der Waals surface area contributed by atoms with E-state index in [1.165, 1.54) is 6.07 Å². The minimum Gasteiger partial charge on any atom is -0.380 e. The van der Waals surface area contributed by atoms with Gasteiger partial charge in [0.25, 0.3) is 0 Å². The normalized spacial score (nSPS) is 12.8. The van der Waals surface area contributed by atoms with Crippen LogP contribution in [0.15, 0.2) is 22.7 Å². The quantitative estimate of drug-likeness (QED) is 0.640. The van der Waals surface area contributed by atoms with Crippen LogP contribution in [0.3, 0.4) is 0 Å². The van der Waals surface area contributed by atoms with Gasteiger partial charge in [-0.2, -0.15) is 0 Å². The van der Waals surface area contributed by atoms with Crippen molar-refractivity contribution in [3.05, 3.63) is 34.1 Å². The van der Waals surface area contributed by atoms with Crippen LogP contribution in [0.2, 0.25) is 0 Å². The molecule has 0 aliphatic carbocycles. The Balaban J connectivity index is 2.81. The van der Waals surface area contributed by atoms with Gasteiger partial charge in [-0.3, -0.25) is 11.3 Å². The smallest absolute Gasteiger partial charge is 0.129 e. The first-order valence-corrected chi connectivity index (χ1v) is 5.47. The minimum absolute atomic E-state index is 0.299. The van der Waals surface area contributed by atoms with Gasteiger partial charge >= 0.3 is 0 Å². The Kier molecular flexibility index (Phi) is 5.17. The van der Waals surface area contributed by atoms with E-state index in [1.54, 1.807) is 12.1 Å². The summed E-state index contributed by atoms with van der Waals surface area (Å²) in [6.07, 6.45) is 0. The molecule has 1 atom stereocenters. The lowest BCUT2D eigenvalue weighted by atomic mass is 10.1. The molecule has 0 saturated heterocycles. The average Bonchev–Trinajstić information content (AvgIpc) is 2.21. The van der Waals surface area contributed by atoms with Gasteiger partial charge in [0, 0.05) is 16.6 Å². The number of hydrogen-bond donors (Lipinski definition) is 2. The van der Waals surface area contributed by atoms with E-state index in [0.29, 0.717) is 23.2 Å². The van der Waals surface area contributed by atoms with E-state index >= 15 is 0 Å². The molecule has 0 amide bonds. The average molecular weight is 277 g/mol. The van der Waals surface area contributed by atoms with Gasteiger partial charge in [-0.15, -0.1) is 0 Å². The summed E-state index contributed by atoms with van der Waals surface area (Å²) in [4.78, 5) is 0. The zero-order chi connectivity index (χ0) is 11.3. The van der Waals surface area contributed by atoms with Gasteiger partial charge < -0.3 is 4.74 Å². The van der Waals surface area contributed by atoms with E-state index in [9.17, 15) is 4.39 Å². The Bertz CT molecular complexity index is 322. The van der Waals surface area contributed by atoms with E-state index in [2.05, 4.69) is 21.4 Å². The lowest BCUT2D eigenvalue weighted by Crippen LogP contribution is -2.32. The Labute approximate surface area is 96.9 Å². The molecule has 1 aromatic carbocycles. The van der Waals surface area contributed by atoms with E-state index < -0.39 is 0 Å². The molecule has 0 heterocycles. The fourth-order valence-electron chi connectivity index (χ4n) is 1.25. The second-order valence-corrected chi connectivity index (χ2v) is 3.96. The summed E-state index contributed by atoms with van der Waals surface area (Å²) in [5.74, 6) is 5.05. The van der Waals surface area contributed by atoms with Crippen molar-refractivity contribution >= 4 is 15.9 Å². The Morgan fingerprint density at radius 3 is 2.87 bits per heavy atom. The van der Waals surface area contributed by atoms with Crippen molar-refractivity contribution in [2.24, 2.45) is 5.84 Å². The Morgan fingerprint density at radius 2 is 2.33 bits per heavy atom. The van der Waals surface area contributed by atoms with Crippen molar-refractivity contribution in [3.63, 3.8) is 0 Å². The zero-order valence-electron chi connectivity index (χ0n) is 8.47. The van der Waals surface area contributed by atoms with Crippen molar-refractivity contribution in [1.82, 2.24) is 5.43 Å². The van der Waals surface area contributed by atoms with Crippen molar-refractivity contribution in [1.29, 1.82) is 0 Å². The highest BCUT2D eigenvalue weighted by Crippen LogP contribution is 2.20. The Hall–Kier alpha value is -0.490. The number of benzene rings is 1. The maximum Gasteiger partial charge on any atom is 0.129 e. The SMILES string of the molecule is CCOCC(NN)c1ccc(Br)cc1F. The summed E-state index contributed by atoms with van der Waals surface area (Å²) < 4.78 is 19.4. The standard InChI is InChI=1S/C10H14BrFN2O/c1-2-15-6-10(14-13)8-4-3-7(11)5-9(8)12/h3-5,10,14H,2,6,13H2,1H3. The number of nitrogens with one attached hydrogen (secondary N) is 1. The second-order valence-electron chi connectivity index (χ2n) is 3.04. The molecule has 15 heavy (non-hydrogen) atoms. The number of hydrogen-bond acceptors (Lipinski definition) is 3. The molecule has 3 N–H and O–H groups in total. The summed E-state index contributed by atoms with van der Waals surface area (Å²) in [7, 11) is 0. The van der Waals surface area contributed by atoms with Gasteiger partial charge in [0.05, 0.1) is 12.6 Å². The highest BCUT2D eigenvalue weighted by atomic mass is 79.9. The van der Waals surface area contributed by atoms with E-state index in [1.807, 2.05) is 6.92 Å². The molecule has 0 aliphatic heterocycles. The zero-order valence-corrected chi connectivity index (χ0v) is 10.1. The van der Waals surface area contributed by atoms with Gasteiger partial charge in [0.2, 0.25) is 0 Å². The fraction of sp³-hybridized carbons (Fsp3) is 0.400. The highest BCUT2D eigenvalue weighted by Gasteiger charge is 2.14. The van der Waals surface area contributed by atoms with Crippen molar-refractivity contribution < 1.29 is 9.13 Å². The van der Waals surface area contributed by atoms with Crippen LogP contribution in [0.25, 0.3) is 0 Å². The number of nitrogens with two attached hydrogens (primary N) is 1. The van der Waals surface area contributed by atoms with Crippen molar-refractivity contribution in [2.45, 2.75) is 13.0 Å². The van der Waals surface area contributed by atoms with Crippen LogP contribution in [0, 0.1) is 5.82 Å². The van der Waals surface area contributed by atoms with Gasteiger partial charge in [-0.05, 0) is 19.1 Å². The monoisotopic (exact) mass is 276 g/mol. The van der Waals surface area contributed by atoms with E-state index in [-0.39, 0.29) is 11.9 Å². The van der Waals surface area contributed by atoms with Gasteiger partial charge in [-0.1, -0.05) is 22.0 Å².